The first-order valence-electron chi connectivity index (χ1n) is 6.18. The zero-order valence-electron chi connectivity index (χ0n) is 11.2. The zero-order chi connectivity index (χ0) is 17.8. The number of hydrogen-bond donors (Lipinski definition) is 0. The molecule has 1 aliphatic heterocycles. The van der Waals surface area contributed by atoms with Gasteiger partial charge in [-0.1, -0.05) is 10.5 Å². The van der Waals surface area contributed by atoms with Crippen molar-refractivity contribution < 1.29 is 40.4 Å². The Kier molecular flexibility index (Phi) is 3.43. The number of rotatable bonds is 1. The van der Waals surface area contributed by atoms with E-state index in [0.717, 1.165) is 6.07 Å². The number of halogens is 7. The maximum Gasteiger partial charge on any atom is 0.485 e. The van der Waals surface area contributed by atoms with Crippen LogP contribution in [0.15, 0.2) is 24.3 Å². The number of anilines is 1. The van der Waals surface area contributed by atoms with Crippen molar-refractivity contribution in [3.05, 3.63) is 47.5 Å². The van der Waals surface area contributed by atoms with E-state index in [-0.39, 0.29) is 6.07 Å². The summed E-state index contributed by atoms with van der Waals surface area (Å²) in [6, 6.07) is 1.97. The van der Waals surface area contributed by atoms with Crippen LogP contribution >= 0.6 is 0 Å². The molecule has 0 saturated carbocycles. The Morgan fingerprint density at radius 1 is 0.958 bits per heavy atom. The summed E-state index contributed by atoms with van der Waals surface area (Å²) < 4.78 is 97.9. The van der Waals surface area contributed by atoms with Crippen LogP contribution in [0.1, 0.15) is 0 Å². The number of carbonyl (C=O) groups excluding carboxylic acids is 1. The first-order valence-corrected chi connectivity index (χ1v) is 6.18. The van der Waals surface area contributed by atoms with Gasteiger partial charge in [-0.15, -0.1) is 5.12 Å². The van der Waals surface area contributed by atoms with Crippen LogP contribution in [0.4, 0.5) is 36.5 Å². The molecule has 0 saturated heterocycles. The Morgan fingerprint density at radius 3 is 2.12 bits per heavy atom. The van der Waals surface area contributed by atoms with Crippen molar-refractivity contribution in [3.63, 3.8) is 0 Å². The van der Waals surface area contributed by atoms with Gasteiger partial charge in [-0.3, -0.25) is 4.79 Å². The Labute approximate surface area is 128 Å². The Hall–Kier alpha value is -2.78. The largest absolute Gasteiger partial charge is 0.485 e. The maximum absolute atomic E-state index is 13.7. The monoisotopic (exact) mass is 351 g/mol. The van der Waals surface area contributed by atoms with Crippen LogP contribution in [-0.2, 0) is 4.79 Å². The van der Waals surface area contributed by atoms with E-state index in [1.54, 1.807) is 0 Å². The van der Waals surface area contributed by atoms with Crippen molar-refractivity contribution >= 4 is 11.6 Å². The van der Waals surface area contributed by atoms with E-state index in [1.807, 2.05) is 0 Å². The molecule has 3 rings (SSSR count). The molecule has 0 radical (unpaired) electrons. The van der Waals surface area contributed by atoms with Crippen LogP contribution in [0.2, 0.25) is 0 Å². The number of nitrogens with zero attached hydrogens (tertiary/aromatic N) is 1. The second-order valence-electron chi connectivity index (χ2n) is 4.73. The van der Waals surface area contributed by atoms with Crippen LogP contribution in [0.25, 0.3) is 11.1 Å². The van der Waals surface area contributed by atoms with Gasteiger partial charge in [0.05, 0.1) is 5.56 Å². The molecular weight excluding hydrogens is 347 g/mol. The van der Waals surface area contributed by atoms with Crippen LogP contribution < -0.4 is 9.86 Å². The molecule has 1 heterocycles. The minimum Gasteiger partial charge on any atom is -0.423 e. The van der Waals surface area contributed by atoms with Gasteiger partial charge in [-0.25, -0.2) is 17.6 Å². The van der Waals surface area contributed by atoms with Gasteiger partial charge in [0.1, 0.15) is 5.69 Å². The van der Waals surface area contributed by atoms with Crippen LogP contribution in [0, 0.1) is 23.3 Å². The highest BCUT2D eigenvalue weighted by Crippen LogP contribution is 2.42. The van der Waals surface area contributed by atoms with Gasteiger partial charge in [0, 0.05) is 6.07 Å². The number of hydrogen-bond acceptors (Lipinski definition) is 2. The molecular formula is C14H4F7NO2. The molecule has 1 aliphatic rings. The van der Waals surface area contributed by atoms with E-state index >= 15 is 0 Å². The smallest absolute Gasteiger partial charge is 0.423 e. The van der Waals surface area contributed by atoms with Crippen LogP contribution in [0.5, 0.6) is 5.75 Å². The Bertz CT molecular complexity index is 842. The van der Waals surface area contributed by atoms with Crippen molar-refractivity contribution in [1.29, 1.82) is 0 Å². The summed E-state index contributed by atoms with van der Waals surface area (Å²) in [6.45, 7) is 0. The molecule has 24 heavy (non-hydrogen) atoms. The van der Waals surface area contributed by atoms with E-state index in [1.165, 1.54) is 0 Å². The normalized spacial score (nSPS) is 16.0. The quantitative estimate of drug-likeness (QED) is 0.440. The summed E-state index contributed by atoms with van der Waals surface area (Å²) in [5.41, 5.74) is -2.67. The average molecular weight is 351 g/mol. The van der Waals surface area contributed by atoms with E-state index in [2.05, 4.69) is 4.74 Å². The predicted octanol–water partition coefficient (Wildman–Crippen LogP) is 4.11. The van der Waals surface area contributed by atoms with Gasteiger partial charge in [0.2, 0.25) is 0 Å². The summed E-state index contributed by atoms with van der Waals surface area (Å²) in [5.74, 6) is -10.1. The fraction of sp³-hybridized carbons (Fsp3) is 0.0714. The van der Waals surface area contributed by atoms with Crippen LogP contribution in [0.3, 0.4) is 0 Å². The number of carbonyl (C=O) groups is 1. The molecule has 126 valence electrons. The van der Waals surface area contributed by atoms with Crippen molar-refractivity contribution in [2.75, 3.05) is 5.12 Å². The average Bonchev–Trinajstić information content (AvgIpc) is 2.51. The van der Waals surface area contributed by atoms with Gasteiger partial charge >= 0.3 is 12.0 Å². The molecule has 3 nitrogen and oxygen atoms in total. The predicted molar refractivity (Wildman–Crippen MR) is 65.9 cm³/mol. The van der Waals surface area contributed by atoms with Crippen LogP contribution in [-0.4, -0.2) is 12.0 Å². The molecule has 0 aliphatic carbocycles. The van der Waals surface area contributed by atoms with Crippen molar-refractivity contribution in [3.8, 4) is 16.9 Å². The highest BCUT2D eigenvalue weighted by atomic mass is 19.3. The molecule has 0 spiro atoms. The molecule has 0 aromatic heterocycles. The summed E-state index contributed by atoms with van der Waals surface area (Å²) in [7, 11) is 0. The molecule has 0 atom stereocenters. The third-order valence-electron chi connectivity index (χ3n) is 3.24. The second-order valence-corrected chi connectivity index (χ2v) is 4.73. The Morgan fingerprint density at radius 2 is 1.54 bits per heavy atom. The summed E-state index contributed by atoms with van der Waals surface area (Å²) >= 11 is 0. The number of benzene rings is 2. The SMILES string of the molecule is O=C1N(F)c2cc(-c3c(F)c(F)cc(F)c3F)ccc2OC1(F)F. The molecule has 0 bridgehead atoms. The van der Waals surface area contributed by atoms with Crippen molar-refractivity contribution in [2.24, 2.45) is 0 Å². The first kappa shape index (κ1) is 16.1. The zero-order valence-corrected chi connectivity index (χ0v) is 11.2. The minimum absolute atomic E-state index is 0.0266. The topological polar surface area (TPSA) is 29.5 Å². The van der Waals surface area contributed by atoms with Crippen molar-refractivity contribution in [1.82, 2.24) is 0 Å². The van der Waals surface area contributed by atoms with Gasteiger partial charge in [-0.2, -0.15) is 8.78 Å². The Balaban J connectivity index is 2.20. The lowest BCUT2D eigenvalue weighted by Gasteiger charge is -2.27. The van der Waals surface area contributed by atoms with E-state index in [4.69, 9.17) is 0 Å². The lowest BCUT2D eigenvalue weighted by atomic mass is 10.0. The highest BCUT2D eigenvalue weighted by molar-refractivity contribution is 5.99. The van der Waals surface area contributed by atoms with E-state index in [9.17, 15) is 35.6 Å². The third kappa shape index (κ3) is 2.25. The van der Waals surface area contributed by atoms with Gasteiger partial charge in [-0.05, 0) is 17.7 Å². The second kappa shape index (κ2) is 5.11. The van der Waals surface area contributed by atoms with E-state index < -0.39 is 63.0 Å². The molecule has 0 unspecified atom stereocenters. The molecule has 2 aromatic carbocycles. The number of alkyl halides is 2. The fourth-order valence-corrected chi connectivity index (χ4v) is 2.14. The third-order valence-corrected chi connectivity index (χ3v) is 3.24. The maximum atomic E-state index is 13.7. The van der Waals surface area contributed by atoms with Gasteiger partial charge < -0.3 is 4.74 Å². The number of fused-ring (bicyclic) bond motifs is 1. The molecule has 1 amide bonds. The number of ether oxygens (including phenoxy) is 1. The summed E-state index contributed by atoms with van der Waals surface area (Å²) in [5, 5.41) is -0.978. The summed E-state index contributed by atoms with van der Waals surface area (Å²) in [4.78, 5) is 11.1. The molecule has 2 aromatic rings. The first-order chi connectivity index (χ1) is 11.1. The lowest BCUT2D eigenvalue weighted by Crippen LogP contribution is -2.47. The minimum atomic E-state index is -4.47. The molecule has 0 N–H and O–H groups in total. The lowest BCUT2D eigenvalue weighted by molar-refractivity contribution is -0.196. The van der Waals surface area contributed by atoms with Crippen molar-refractivity contribution in [2.45, 2.75) is 6.11 Å². The fourth-order valence-electron chi connectivity index (χ4n) is 2.14. The molecule has 0 fully saturated rings. The van der Waals surface area contributed by atoms with Gasteiger partial charge in [0.15, 0.2) is 29.0 Å². The standard InChI is InChI=1S/C14H4F7NO2/c15-6-4-7(16)12(18)10(11(6)17)5-1-2-9-8(3-5)22(21)13(23)14(19,20)24-9/h1-4H. The molecule has 10 heteroatoms. The van der Waals surface area contributed by atoms with Gasteiger partial charge in [0.25, 0.3) is 0 Å². The van der Waals surface area contributed by atoms with E-state index in [0.29, 0.717) is 12.1 Å². The number of amides is 1. The highest BCUT2D eigenvalue weighted by Gasteiger charge is 2.51. The summed E-state index contributed by atoms with van der Waals surface area (Å²) in [6.07, 6.45) is -4.47.